The third-order valence-electron chi connectivity index (χ3n) is 3.85. The third kappa shape index (κ3) is 3.52. The molecule has 1 aliphatic carbocycles. The van der Waals surface area contributed by atoms with Gasteiger partial charge in [0, 0.05) is 48.8 Å². The van der Waals surface area contributed by atoms with Crippen LogP contribution < -0.4 is 15.5 Å². The summed E-state index contributed by atoms with van der Waals surface area (Å²) in [6.07, 6.45) is 3.17. The standard InChI is InChI=1S/C15H20BrN3O/c16-12-1-4-14(11(9-12)10-18-13-2-3-13)19-7-5-15(20)17-6-8-19/h1,4,9,13,18H,2-3,5-8,10H2,(H,17,20). The van der Waals surface area contributed by atoms with Gasteiger partial charge in [0.15, 0.2) is 0 Å². The Morgan fingerprint density at radius 3 is 3.00 bits per heavy atom. The first kappa shape index (κ1) is 13.9. The first-order chi connectivity index (χ1) is 9.72. The molecule has 0 unspecified atom stereocenters. The number of hydrogen-bond acceptors (Lipinski definition) is 3. The Morgan fingerprint density at radius 2 is 2.20 bits per heavy atom. The van der Waals surface area contributed by atoms with E-state index in [9.17, 15) is 4.79 Å². The molecule has 3 rings (SSSR count). The van der Waals surface area contributed by atoms with Gasteiger partial charge in [0.05, 0.1) is 0 Å². The molecule has 1 aromatic carbocycles. The third-order valence-corrected chi connectivity index (χ3v) is 4.35. The molecular formula is C15H20BrN3O. The first-order valence-corrected chi connectivity index (χ1v) is 8.05. The van der Waals surface area contributed by atoms with Crippen LogP contribution in [-0.2, 0) is 11.3 Å². The summed E-state index contributed by atoms with van der Waals surface area (Å²) in [5, 5.41) is 6.50. The number of nitrogens with one attached hydrogen (secondary N) is 2. The quantitative estimate of drug-likeness (QED) is 0.883. The highest BCUT2D eigenvalue weighted by Crippen LogP contribution is 2.27. The van der Waals surface area contributed by atoms with Crippen molar-refractivity contribution in [3.05, 3.63) is 28.2 Å². The topological polar surface area (TPSA) is 44.4 Å². The largest absolute Gasteiger partial charge is 0.369 e. The molecule has 2 N–H and O–H groups in total. The van der Waals surface area contributed by atoms with E-state index in [2.05, 4.69) is 49.7 Å². The number of benzene rings is 1. The lowest BCUT2D eigenvalue weighted by molar-refractivity contribution is -0.120. The maximum Gasteiger partial charge on any atom is 0.221 e. The van der Waals surface area contributed by atoms with Crippen molar-refractivity contribution in [1.82, 2.24) is 10.6 Å². The van der Waals surface area contributed by atoms with E-state index in [-0.39, 0.29) is 5.91 Å². The summed E-state index contributed by atoms with van der Waals surface area (Å²) in [5.41, 5.74) is 2.55. The van der Waals surface area contributed by atoms with E-state index in [1.807, 2.05) is 0 Å². The molecule has 0 bridgehead atoms. The van der Waals surface area contributed by atoms with Gasteiger partial charge in [-0.3, -0.25) is 4.79 Å². The van der Waals surface area contributed by atoms with Gasteiger partial charge < -0.3 is 15.5 Å². The maximum atomic E-state index is 11.5. The number of hydrogen-bond donors (Lipinski definition) is 2. The summed E-state index contributed by atoms with van der Waals surface area (Å²) in [6.45, 7) is 3.30. The number of rotatable bonds is 4. The minimum Gasteiger partial charge on any atom is -0.369 e. The Labute approximate surface area is 128 Å². The van der Waals surface area contributed by atoms with Gasteiger partial charge in [0.1, 0.15) is 0 Å². The molecule has 1 saturated carbocycles. The Kier molecular flexibility index (Phi) is 4.27. The molecule has 1 saturated heterocycles. The average molecular weight is 338 g/mol. The SMILES string of the molecule is O=C1CCN(c2ccc(Br)cc2CNC2CC2)CCN1. The maximum absolute atomic E-state index is 11.5. The van der Waals surface area contributed by atoms with Crippen LogP contribution in [0.3, 0.4) is 0 Å². The summed E-state index contributed by atoms with van der Waals surface area (Å²) in [7, 11) is 0. The highest BCUT2D eigenvalue weighted by Gasteiger charge is 2.22. The van der Waals surface area contributed by atoms with Crippen molar-refractivity contribution in [3.63, 3.8) is 0 Å². The monoisotopic (exact) mass is 337 g/mol. The fourth-order valence-corrected chi connectivity index (χ4v) is 2.96. The molecule has 1 aliphatic heterocycles. The van der Waals surface area contributed by atoms with Gasteiger partial charge in [-0.25, -0.2) is 0 Å². The van der Waals surface area contributed by atoms with E-state index >= 15 is 0 Å². The lowest BCUT2D eigenvalue weighted by atomic mass is 10.1. The van der Waals surface area contributed by atoms with E-state index in [1.165, 1.54) is 24.1 Å². The summed E-state index contributed by atoms with van der Waals surface area (Å²) in [5.74, 6) is 0.155. The molecule has 0 radical (unpaired) electrons. The zero-order valence-corrected chi connectivity index (χ0v) is 13.1. The van der Waals surface area contributed by atoms with Gasteiger partial charge in [0.25, 0.3) is 0 Å². The van der Waals surface area contributed by atoms with E-state index in [0.717, 1.165) is 30.7 Å². The van der Waals surface area contributed by atoms with E-state index in [0.29, 0.717) is 12.5 Å². The van der Waals surface area contributed by atoms with Crippen molar-refractivity contribution in [3.8, 4) is 0 Å². The molecule has 1 amide bonds. The van der Waals surface area contributed by atoms with Gasteiger partial charge in [-0.15, -0.1) is 0 Å². The first-order valence-electron chi connectivity index (χ1n) is 7.26. The lowest BCUT2D eigenvalue weighted by Crippen LogP contribution is -2.29. The Morgan fingerprint density at radius 1 is 1.35 bits per heavy atom. The number of halogens is 1. The number of amides is 1. The van der Waals surface area contributed by atoms with Crippen LogP contribution in [0.25, 0.3) is 0 Å². The molecule has 20 heavy (non-hydrogen) atoms. The summed E-state index contributed by atoms with van der Waals surface area (Å²) < 4.78 is 1.11. The van der Waals surface area contributed by atoms with Crippen LogP contribution in [0.4, 0.5) is 5.69 Å². The predicted molar refractivity (Wildman–Crippen MR) is 83.8 cm³/mol. The van der Waals surface area contributed by atoms with Crippen LogP contribution in [0.5, 0.6) is 0 Å². The molecule has 2 aliphatic rings. The van der Waals surface area contributed by atoms with Crippen LogP contribution in [0.1, 0.15) is 24.8 Å². The van der Waals surface area contributed by atoms with Gasteiger partial charge in [0.2, 0.25) is 5.91 Å². The van der Waals surface area contributed by atoms with Crippen LogP contribution in [-0.4, -0.2) is 31.6 Å². The summed E-state index contributed by atoms with van der Waals surface area (Å²) in [4.78, 5) is 13.8. The minimum atomic E-state index is 0.155. The van der Waals surface area contributed by atoms with E-state index in [1.54, 1.807) is 0 Å². The summed E-state index contributed by atoms with van der Waals surface area (Å²) in [6, 6.07) is 7.12. The summed E-state index contributed by atoms with van der Waals surface area (Å²) >= 11 is 3.56. The molecule has 5 heteroatoms. The number of anilines is 1. The van der Waals surface area contributed by atoms with Crippen LogP contribution in [0.2, 0.25) is 0 Å². The van der Waals surface area contributed by atoms with E-state index in [4.69, 9.17) is 0 Å². The molecule has 108 valence electrons. The lowest BCUT2D eigenvalue weighted by Gasteiger charge is -2.25. The molecule has 0 spiro atoms. The second kappa shape index (κ2) is 6.14. The number of carbonyl (C=O) groups excluding carboxylic acids is 1. The van der Waals surface area contributed by atoms with Crippen molar-refractivity contribution < 1.29 is 4.79 Å². The second-order valence-electron chi connectivity index (χ2n) is 5.52. The van der Waals surface area contributed by atoms with Crippen molar-refractivity contribution in [1.29, 1.82) is 0 Å². The normalized spacial score (nSPS) is 19.6. The number of nitrogens with zero attached hydrogens (tertiary/aromatic N) is 1. The second-order valence-corrected chi connectivity index (χ2v) is 6.43. The van der Waals surface area contributed by atoms with Crippen molar-refractivity contribution in [2.75, 3.05) is 24.5 Å². The van der Waals surface area contributed by atoms with Gasteiger partial charge in [-0.1, -0.05) is 15.9 Å². The molecule has 0 aromatic heterocycles. The molecule has 0 atom stereocenters. The van der Waals surface area contributed by atoms with Gasteiger partial charge in [-0.2, -0.15) is 0 Å². The number of carbonyl (C=O) groups is 1. The van der Waals surface area contributed by atoms with Crippen LogP contribution in [0.15, 0.2) is 22.7 Å². The van der Waals surface area contributed by atoms with Crippen LogP contribution in [0, 0.1) is 0 Å². The zero-order valence-electron chi connectivity index (χ0n) is 11.5. The van der Waals surface area contributed by atoms with Gasteiger partial charge >= 0.3 is 0 Å². The van der Waals surface area contributed by atoms with E-state index < -0.39 is 0 Å². The fourth-order valence-electron chi connectivity index (χ4n) is 2.55. The molecule has 1 heterocycles. The average Bonchev–Trinajstić information content (AvgIpc) is 3.25. The zero-order chi connectivity index (χ0) is 13.9. The molecule has 2 fully saturated rings. The molecule has 1 aromatic rings. The van der Waals surface area contributed by atoms with Crippen molar-refractivity contribution in [2.24, 2.45) is 0 Å². The molecular weight excluding hydrogens is 318 g/mol. The highest BCUT2D eigenvalue weighted by atomic mass is 79.9. The highest BCUT2D eigenvalue weighted by molar-refractivity contribution is 9.10. The smallest absolute Gasteiger partial charge is 0.221 e. The Bertz CT molecular complexity index is 502. The minimum absolute atomic E-state index is 0.155. The Balaban J connectivity index is 1.77. The Hall–Kier alpha value is -1.07. The van der Waals surface area contributed by atoms with Crippen LogP contribution >= 0.6 is 15.9 Å². The van der Waals surface area contributed by atoms with Crippen molar-refractivity contribution >= 4 is 27.5 Å². The van der Waals surface area contributed by atoms with Gasteiger partial charge in [-0.05, 0) is 36.6 Å². The molecule has 4 nitrogen and oxygen atoms in total. The van der Waals surface area contributed by atoms with Crippen molar-refractivity contribution in [2.45, 2.75) is 31.8 Å². The fraction of sp³-hybridized carbons (Fsp3) is 0.533. The predicted octanol–water partition coefficient (Wildman–Crippen LogP) is 2.03.